The van der Waals surface area contributed by atoms with E-state index in [2.05, 4.69) is 15.6 Å². The van der Waals surface area contributed by atoms with Crippen LogP contribution in [0.1, 0.15) is 5.56 Å². The number of hydrogen-bond acceptors (Lipinski definition) is 5. The summed E-state index contributed by atoms with van der Waals surface area (Å²) in [6.07, 6.45) is 3.50. The molecule has 1 aromatic heterocycles. The molecule has 0 unspecified atom stereocenters. The average molecular weight is 418 g/mol. The highest BCUT2D eigenvalue weighted by atomic mass is 35.5. The van der Waals surface area contributed by atoms with Gasteiger partial charge in [-0.25, -0.2) is 4.68 Å². The highest BCUT2D eigenvalue weighted by molar-refractivity contribution is 6.30. The number of anilines is 1. The van der Waals surface area contributed by atoms with Gasteiger partial charge in [-0.2, -0.15) is 10.2 Å². The minimum atomic E-state index is -0.429. The van der Waals surface area contributed by atoms with E-state index in [1.54, 1.807) is 35.2 Å². The number of nitrogens with one attached hydrogen (secondary N) is 1. The molecular weight excluding hydrogens is 402 g/mol. The molecule has 4 rings (SSSR count). The number of hydrogen-bond donors (Lipinski definition) is 1. The van der Waals surface area contributed by atoms with Crippen LogP contribution >= 0.6 is 11.6 Å². The van der Waals surface area contributed by atoms with Gasteiger partial charge in [0.2, 0.25) is 0 Å². The van der Waals surface area contributed by atoms with E-state index in [0.29, 0.717) is 10.7 Å². The zero-order valence-electron chi connectivity index (χ0n) is 15.6. The maximum atomic E-state index is 10.9. The second-order valence-electron chi connectivity index (χ2n) is 6.40. The van der Waals surface area contributed by atoms with Crippen molar-refractivity contribution in [1.82, 2.24) is 9.78 Å². The molecule has 4 aromatic rings. The van der Waals surface area contributed by atoms with Crippen LogP contribution in [0.2, 0.25) is 5.02 Å². The molecule has 0 saturated carbocycles. The van der Waals surface area contributed by atoms with E-state index in [4.69, 9.17) is 11.6 Å². The van der Waals surface area contributed by atoms with Crippen LogP contribution in [0.3, 0.4) is 0 Å². The Kier molecular flexibility index (Phi) is 5.54. The predicted octanol–water partition coefficient (Wildman–Crippen LogP) is 5.55. The summed E-state index contributed by atoms with van der Waals surface area (Å²) in [6, 6.07) is 23.2. The summed E-state index contributed by atoms with van der Waals surface area (Å²) in [5, 5.41) is 20.5. The number of benzene rings is 3. The molecule has 30 heavy (non-hydrogen) atoms. The molecule has 0 radical (unpaired) electrons. The van der Waals surface area contributed by atoms with Crippen molar-refractivity contribution in [3.8, 4) is 16.9 Å². The second-order valence-corrected chi connectivity index (χ2v) is 6.83. The number of non-ortho nitro benzene ring substituents is 1. The molecule has 0 saturated heterocycles. The first-order valence-corrected chi connectivity index (χ1v) is 9.42. The average Bonchev–Trinajstić information content (AvgIpc) is 3.19. The van der Waals surface area contributed by atoms with Gasteiger partial charge in [-0.05, 0) is 30.3 Å². The number of nitro groups is 1. The Morgan fingerprint density at radius 3 is 2.50 bits per heavy atom. The van der Waals surface area contributed by atoms with E-state index in [0.717, 1.165) is 22.5 Å². The van der Waals surface area contributed by atoms with E-state index < -0.39 is 4.92 Å². The third-order valence-electron chi connectivity index (χ3n) is 4.34. The van der Waals surface area contributed by atoms with Gasteiger partial charge in [-0.3, -0.25) is 15.5 Å². The van der Waals surface area contributed by atoms with Crippen molar-refractivity contribution in [3.05, 3.63) is 106 Å². The summed E-state index contributed by atoms with van der Waals surface area (Å²) in [7, 11) is 0. The lowest BCUT2D eigenvalue weighted by Gasteiger charge is -2.01. The van der Waals surface area contributed by atoms with E-state index in [9.17, 15) is 10.1 Å². The van der Waals surface area contributed by atoms with Crippen LogP contribution in [0.4, 0.5) is 11.4 Å². The summed E-state index contributed by atoms with van der Waals surface area (Å²) < 4.78 is 1.67. The fourth-order valence-corrected chi connectivity index (χ4v) is 3.09. The number of rotatable bonds is 6. The summed E-state index contributed by atoms with van der Waals surface area (Å²) in [6.45, 7) is 0. The fraction of sp³-hybridized carbons (Fsp3) is 0. The number of halogens is 1. The molecule has 0 amide bonds. The Morgan fingerprint density at radius 1 is 1.03 bits per heavy atom. The normalized spacial score (nSPS) is 11.0. The van der Waals surface area contributed by atoms with E-state index >= 15 is 0 Å². The Bertz CT molecular complexity index is 1200. The third-order valence-corrected chi connectivity index (χ3v) is 4.57. The summed E-state index contributed by atoms with van der Waals surface area (Å²) >= 11 is 6.00. The Labute approximate surface area is 177 Å². The predicted molar refractivity (Wildman–Crippen MR) is 118 cm³/mol. The lowest BCUT2D eigenvalue weighted by molar-refractivity contribution is -0.384. The van der Waals surface area contributed by atoms with Crippen molar-refractivity contribution in [2.24, 2.45) is 5.10 Å². The van der Waals surface area contributed by atoms with Gasteiger partial charge in [0.1, 0.15) is 5.69 Å². The van der Waals surface area contributed by atoms with Crippen LogP contribution in [0, 0.1) is 10.1 Å². The molecule has 0 bridgehead atoms. The van der Waals surface area contributed by atoms with E-state index in [1.807, 2.05) is 48.7 Å². The van der Waals surface area contributed by atoms with Crippen molar-refractivity contribution < 1.29 is 4.92 Å². The molecule has 7 nitrogen and oxygen atoms in total. The van der Waals surface area contributed by atoms with Crippen molar-refractivity contribution in [2.75, 3.05) is 5.43 Å². The van der Waals surface area contributed by atoms with Gasteiger partial charge in [0.15, 0.2) is 0 Å². The molecule has 3 aromatic carbocycles. The highest BCUT2D eigenvalue weighted by Crippen LogP contribution is 2.23. The number of nitro benzene ring substituents is 1. The van der Waals surface area contributed by atoms with Crippen LogP contribution in [0.5, 0.6) is 0 Å². The SMILES string of the molecule is O=[N+]([O-])c1ccc(-n2cc(/C=N\Nc3cccc(Cl)c3)c(-c3ccccc3)n2)cc1. The molecule has 0 spiro atoms. The maximum Gasteiger partial charge on any atom is 0.269 e. The summed E-state index contributed by atoms with van der Waals surface area (Å²) in [5.74, 6) is 0. The standard InChI is InChI=1S/C22H16ClN5O2/c23-18-7-4-8-19(13-18)25-24-14-17-15-27(20-9-11-21(12-10-20)28(29)30)26-22(17)16-5-2-1-3-6-16/h1-15,25H/b24-14-. The summed E-state index contributed by atoms with van der Waals surface area (Å²) in [4.78, 5) is 10.5. The smallest absolute Gasteiger partial charge is 0.269 e. The lowest BCUT2D eigenvalue weighted by atomic mass is 10.1. The monoisotopic (exact) mass is 417 g/mol. The zero-order valence-corrected chi connectivity index (χ0v) is 16.4. The van der Waals surface area contributed by atoms with Gasteiger partial charge in [0.05, 0.1) is 22.5 Å². The first kappa shape index (κ1) is 19.4. The molecule has 148 valence electrons. The molecule has 0 fully saturated rings. The van der Waals surface area contributed by atoms with Crippen LogP contribution in [0.15, 0.2) is 90.2 Å². The van der Waals surface area contributed by atoms with Crippen LogP contribution in [0.25, 0.3) is 16.9 Å². The quantitative estimate of drug-likeness (QED) is 0.253. The number of aromatic nitrogens is 2. The van der Waals surface area contributed by atoms with Crippen molar-refractivity contribution >= 4 is 29.2 Å². The minimum absolute atomic E-state index is 0.0293. The molecule has 0 aliphatic carbocycles. The first-order valence-electron chi connectivity index (χ1n) is 9.05. The van der Waals surface area contributed by atoms with Gasteiger partial charge in [0, 0.05) is 34.5 Å². The number of hydrazone groups is 1. The van der Waals surface area contributed by atoms with Crippen molar-refractivity contribution in [3.63, 3.8) is 0 Å². The van der Waals surface area contributed by atoms with Gasteiger partial charge >= 0.3 is 0 Å². The van der Waals surface area contributed by atoms with Gasteiger partial charge in [-0.1, -0.05) is 48.0 Å². The minimum Gasteiger partial charge on any atom is -0.278 e. The molecule has 0 aliphatic rings. The topological polar surface area (TPSA) is 85.3 Å². The van der Waals surface area contributed by atoms with E-state index in [1.165, 1.54) is 12.1 Å². The Balaban J connectivity index is 1.67. The molecule has 1 heterocycles. The Morgan fingerprint density at radius 2 is 1.80 bits per heavy atom. The zero-order chi connectivity index (χ0) is 20.9. The molecule has 8 heteroatoms. The van der Waals surface area contributed by atoms with Crippen LogP contribution in [-0.4, -0.2) is 20.9 Å². The van der Waals surface area contributed by atoms with Crippen molar-refractivity contribution in [2.45, 2.75) is 0 Å². The van der Waals surface area contributed by atoms with Crippen LogP contribution < -0.4 is 5.43 Å². The van der Waals surface area contributed by atoms with Crippen molar-refractivity contribution in [1.29, 1.82) is 0 Å². The van der Waals surface area contributed by atoms with Gasteiger partial charge < -0.3 is 0 Å². The van der Waals surface area contributed by atoms with Crippen LogP contribution in [-0.2, 0) is 0 Å². The maximum absolute atomic E-state index is 10.9. The molecule has 1 N–H and O–H groups in total. The second kappa shape index (κ2) is 8.59. The first-order chi connectivity index (χ1) is 14.6. The number of nitrogens with zero attached hydrogens (tertiary/aromatic N) is 4. The van der Waals surface area contributed by atoms with Gasteiger partial charge in [-0.15, -0.1) is 0 Å². The molecule has 0 aliphatic heterocycles. The third kappa shape index (κ3) is 4.37. The lowest BCUT2D eigenvalue weighted by Crippen LogP contribution is -1.95. The molecular formula is C22H16ClN5O2. The highest BCUT2D eigenvalue weighted by Gasteiger charge is 2.12. The fourth-order valence-electron chi connectivity index (χ4n) is 2.90. The van der Waals surface area contributed by atoms with Gasteiger partial charge in [0.25, 0.3) is 5.69 Å². The Hall–Kier alpha value is -3.97. The van der Waals surface area contributed by atoms with E-state index in [-0.39, 0.29) is 5.69 Å². The molecule has 0 atom stereocenters. The summed E-state index contributed by atoms with van der Waals surface area (Å²) in [5.41, 5.74) is 6.92. The largest absolute Gasteiger partial charge is 0.278 e.